The van der Waals surface area contributed by atoms with E-state index in [0.29, 0.717) is 17.5 Å². The first-order valence-electron chi connectivity index (χ1n) is 9.19. The normalized spacial score (nSPS) is 14.7. The van der Waals surface area contributed by atoms with Crippen LogP contribution < -0.4 is 10.9 Å². The summed E-state index contributed by atoms with van der Waals surface area (Å²) < 4.78 is 1.46. The molecule has 2 aromatic heterocycles. The van der Waals surface area contributed by atoms with Gasteiger partial charge in [-0.05, 0) is 61.9 Å². The van der Waals surface area contributed by atoms with Crippen molar-refractivity contribution in [2.45, 2.75) is 45.1 Å². The summed E-state index contributed by atoms with van der Waals surface area (Å²) in [6.45, 7) is 1.88. The molecule has 140 valence electrons. The van der Waals surface area contributed by atoms with E-state index in [1.165, 1.54) is 27.9 Å². The monoisotopic (exact) mass is 383 g/mol. The van der Waals surface area contributed by atoms with Crippen molar-refractivity contribution in [1.82, 2.24) is 9.55 Å². The van der Waals surface area contributed by atoms with Gasteiger partial charge in [-0.2, -0.15) is 0 Å². The van der Waals surface area contributed by atoms with Crippen LogP contribution in [0.25, 0.3) is 10.2 Å². The summed E-state index contributed by atoms with van der Waals surface area (Å²) in [4.78, 5) is 32.5. The first kappa shape index (κ1) is 17.7. The zero-order valence-electron chi connectivity index (χ0n) is 15.1. The summed E-state index contributed by atoms with van der Waals surface area (Å²) in [6, 6.07) is 5.63. The summed E-state index contributed by atoms with van der Waals surface area (Å²) in [7, 11) is 0. The van der Waals surface area contributed by atoms with Crippen molar-refractivity contribution in [1.29, 1.82) is 0 Å². The lowest BCUT2D eigenvalue weighted by atomic mass is 9.97. The molecule has 2 heterocycles. The molecule has 27 heavy (non-hydrogen) atoms. The van der Waals surface area contributed by atoms with Gasteiger partial charge in [-0.15, -0.1) is 11.3 Å². The molecular formula is C20H21N3O3S. The van der Waals surface area contributed by atoms with E-state index in [2.05, 4.69) is 10.3 Å². The Labute approximate surface area is 160 Å². The van der Waals surface area contributed by atoms with Gasteiger partial charge in [-0.25, -0.2) is 4.98 Å². The smallest absolute Gasteiger partial charge is 0.263 e. The molecule has 0 spiro atoms. The first-order valence-corrected chi connectivity index (χ1v) is 10.0. The zero-order chi connectivity index (χ0) is 19.0. The van der Waals surface area contributed by atoms with Crippen LogP contribution in [0.3, 0.4) is 0 Å². The van der Waals surface area contributed by atoms with E-state index >= 15 is 0 Å². The summed E-state index contributed by atoms with van der Waals surface area (Å²) >= 11 is 1.61. The van der Waals surface area contributed by atoms with Crippen molar-refractivity contribution < 1.29 is 9.90 Å². The lowest BCUT2D eigenvalue weighted by Gasteiger charge is -2.18. The summed E-state index contributed by atoms with van der Waals surface area (Å²) in [5.41, 5.74) is 1.57. The van der Waals surface area contributed by atoms with E-state index in [4.69, 9.17) is 0 Å². The number of phenolic OH excluding ortho intramolecular Hbond substituents is 1. The van der Waals surface area contributed by atoms with Gasteiger partial charge in [-0.3, -0.25) is 14.2 Å². The largest absolute Gasteiger partial charge is 0.508 e. The number of benzene rings is 1. The number of aryl methyl sites for hydroxylation is 2. The molecule has 0 saturated heterocycles. The van der Waals surface area contributed by atoms with E-state index in [-0.39, 0.29) is 17.2 Å². The predicted octanol–water partition coefficient (Wildman–Crippen LogP) is 3.63. The fourth-order valence-electron chi connectivity index (χ4n) is 3.66. The average molecular weight is 383 g/mol. The van der Waals surface area contributed by atoms with Crippen LogP contribution in [0.2, 0.25) is 0 Å². The van der Waals surface area contributed by atoms with Gasteiger partial charge < -0.3 is 10.4 Å². The minimum atomic E-state index is -0.637. The highest BCUT2D eigenvalue weighted by atomic mass is 32.1. The molecule has 0 saturated carbocycles. The Morgan fingerprint density at radius 1 is 1.30 bits per heavy atom. The van der Waals surface area contributed by atoms with Gasteiger partial charge in [0.1, 0.15) is 16.6 Å². The van der Waals surface area contributed by atoms with Crippen LogP contribution in [-0.4, -0.2) is 20.6 Å². The number of carbonyl (C=O) groups excluding carboxylic acids is 1. The Balaban J connectivity index is 1.70. The Morgan fingerprint density at radius 2 is 2.04 bits per heavy atom. The van der Waals surface area contributed by atoms with Gasteiger partial charge in [0.2, 0.25) is 5.91 Å². The molecule has 1 unspecified atom stereocenters. The molecule has 1 amide bonds. The number of rotatable bonds is 4. The predicted molar refractivity (Wildman–Crippen MR) is 107 cm³/mol. The van der Waals surface area contributed by atoms with Gasteiger partial charge in [0, 0.05) is 10.6 Å². The van der Waals surface area contributed by atoms with E-state index in [0.717, 1.165) is 36.1 Å². The topological polar surface area (TPSA) is 84.2 Å². The third-order valence-corrected chi connectivity index (χ3v) is 6.26. The minimum absolute atomic E-state index is 0.132. The van der Waals surface area contributed by atoms with E-state index in [1.807, 2.05) is 6.92 Å². The van der Waals surface area contributed by atoms with E-state index in [9.17, 15) is 14.7 Å². The summed E-state index contributed by atoms with van der Waals surface area (Å²) in [5.74, 6) is -0.135. The Bertz CT molecular complexity index is 1050. The first-order chi connectivity index (χ1) is 13.1. The van der Waals surface area contributed by atoms with E-state index in [1.54, 1.807) is 23.5 Å². The number of amides is 1. The molecule has 4 rings (SSSR count). The number of aromatic hydroxyl groups is 1. The standard InChI is InChI=1S/C20H21N3O3S/c1-2-15(18(25)22-12-7-9-13(24)10-8-12)23-11-21-19-17(20(23)26)14-5-3-4-6-16(14)27-19/h7-11,15,24H,2-6H2,1H3,(H,22,25). The second-order valence-corrected chi connectivity index (χ2v) is 7.89. The Morgan fingerprint density at radius 3 is 2.78 bits per heavy atom. The van der Waals surface area contributed by atoms with Gasteiger partial charge >= 0.3 is 0 Å². The van der Waals surface area contributed by atoms with Crippen molar-refractivity contribution in [2.75, 3.05) is 5.32 Å². The van der Waals surface area contributed by atoms with Crippen LogP contribution in [0.15, 0.2) is 35.4 Å². The maximum atomic E-state index is 13.2. The number of anilines is 1. The van der Waals surface area contributed by atoms with Crippen molar-refractivity contribution in [3.8, 4) is 5.75 Å². The lowest BCUT2D eigenvalue weighted by molar-refractivity contribution is -0.119. The highest BCUT2D eigenvalue weighted by Crippen LogP contribution is 2.33. The summed E-state index contributed by atoms with van der Waals surface area (Å²) in [6.07, 6.45) is 6.13. The molecule has 3 aromatic rings. The molecule has 6 nitrogen and oxygen atoms in total. The molecule has 1 aromatic carbocycles. The number of hydrogen-bond acceptors (Lipinski definition) is 5. The molecule has 0 radical (unpaired) electrons. The van der Waals surface area contributed by atoms with Crippen LogP contribution in [0, 0.1) is 0 Å². The van der Waals surface area contributed by atoms with Gasteiger partial charge in [0.25, 0.3) is 5.56 Å². The van der Waals surface area contributed by atoms with E-state index < -0.39 is 6.04 Å². The van der Waals surface area contributed by atoms with Crippen LogP contribution in [0.1, 0.15) is 42.7 Å². The maximum Gasteiger partial charge on any atom is 0.263 e. The van der Waals surface area contributed by atoms with Gasteiger partial charge in [0.05, 0.1) is 11.7 Å². The molecule has 1 atom stereocenters. The van der Waals surface area contributed by atoms with Crippen LogP contribution in [-0.2, 0) is 17.6 Å². The number of fused-ring (bicyclic) bond motifs is 3. The van der Waals surface area contributed by atoms with Crippen LogP contribution in [0.5, 0.6) is 5.75 Å². The highest BCUT2D eigenvalue weighted by Gasteiger charge is 2.24. The van der Waals surface area contributed by atoms with Crippen LogP contribution >= 0.6 is 11.3 Å². The molecule has 1 aliphatic rings. The lowest BCUT2D eigenvalue weighted by Crippen LogP contribution is -2.33. The highest BCUT2D eigenvalue weighted by molar-refractivity contribution is 7.18. The Hall–Kier alpha value is -2.67. The molecular weight excluding hydrogens is 362 g/mol. The number of hydrogen-bond donors (Lipinski definition) is 2. The maximum absolute atomic E-state index is 13.2. The second kappa shape index (κ2) is 7.15. The SMILES string of the molecule is CCC(C(=O)Nc1ccc(O)cc1)n1cnc2sc3c(c2c1=O)CCCC3. The second-order valence-electron chi connectivity index (χ2n) is 6.81. The van der Waals surface area contributed by atoms with Crippen molar-refractivity contribution in [3.63, 3.8) is 0 Å². The third kappa shape index (κ3) is 3.23. The molecule has 0 bridgehead atoms. The third-order valence-electron chi connectivity index (χ3n) is 5.06. The number of phenols is 1. The summed E-state index contributed by atoms with van der Waals surface area (Å²) in [5, 5.41) is 12.9. The van der Waals surface area contributed by atoms with Crippen molar-refractivity contribution >= 4 is 33.1 Å². The van der Waals surface area contributed by atoms with Crippen molar-refractivity contribution in [2.24, 2.45) is 0 Å². The molecule has 2 N–H and O–H groups in total. The number of nitrogens with zero attached hydrogens (tertiary/aromatic N) is 2. The fourth-order valence-corrected chi connectivity index (χ4v) is 4.88. The molecule has 1 aliphatic carbocycles. The number of carbonyl (C=O) groups is 1. The molecule has 7 heteroatoms. The fraction of sp³-hybridized carbons (Fsp3) is 0.350. The molecule has 0 aliphatic heterocycles. The van der Waals surface area contributed by atoms with Gasteiger partial charge in [0.15, 0.2) is 0 Å². The number of aromatic nitrogens is 2. The minimum Gasteiger partial charge on any atom is -0.508 e. The number of nitrogens with one attached hydrogen (secondary N) is 1. The zero-order valence-corrected chi connectivity index (χ0v) is 15.9. The van der Waals surface area contributed by atoms with Crippen molar-refractivity contribution in [3.05, 3.63) is 51.4 Å². The Kier molecular flexibility index (Phi) is 4.70. The van der Waals surface area contributed by atoms with Gasteiger partial charge in [-0.1, -0.05) is 6.92 Å². The van der Waals surface area contributed by atoms with Crippen LogP contribution in [0.4, 0.5) is 5.69 Å². The quantitative estimate of drug-likeness (QED) is 0.674. The number of thiophene rings is 1. The average Bonchev–Trinajstić information content (AvgIpc) is 3.05. The molecule has 0 fully saturated rings.